The van der Waals surface area contributed by atoms with Crippen molar-refractivity contribution in [2.24, 2.45) is 0 Å². The summed E-state index contributed by atoms with van der Waals surface area (Å²) in [6, 6.07) is 1.88. The van der Waals surface area contributed by atoms with Gasteiger partial charge >= 0.3 is 0 Å². The fraction of sp³-hybridized carbons (Fsp3) is 0.417. The van der Waals surface area contributed by atoms with Crippen LogP contribution in [0.5, 0.6) is 0 Å². The molecule has 1 saturated heterocycles. The molecule has 0 aromatic heterocycles. The standard InChI is InChI=1S/C12H15F2N3O/c13-9-6-8(7-10(14)11(9)15)12(18)16-17-4-2-1-3-5-17/h6-7H,1-5,15H2,(H,16,18). The summed E-state index contributed by atoms with van der Waals surface area (Å²) in [5, 5.41) is 1.76. The predicted octanol–water partition coefficient (Wildman–Crippen LogP) is 1.68. The van der Waals surface area contributed by atoms with Crippen molar-refractivity contribution in [2.45, 2.75) is 19.3 Å². The highest BCUT2D eigenvalue weighted by atomic mass is 19.1. The van der Waals surface area contributed by atoms with Crippen molar-refractivity contribution < 1.29 is 13.6 Å². The number of piperidine rings is 1. The Bertz CT molecular complexity index is 436. The summed E-state index contributed by atoms with van der Waals surface area (Å²) in [7, 11) is 0. The first-order valence-electron chi connectivity index (χ1n) is 5.88. The highest BCUT2D eigenvalue weighted by molar-refractivity contribution is 5.94. The predicted molar refractivity (Wildman–Crippen MR) is 63.7 cm³/mol. The van der Waals surface area contributed by atoms with E-state index >= 15 is 0 Å². The third-order valence-electron chi connectivity index (χ3n) is 2.96. The number of anilines is 1. The van der Waals surface area contributed by atoms with Gasteiger partial charge in [0.2, 0.25) is 0 Å². The zero-order chi connectivity index (χ0) is 13.1. The van der Waals surface area contributed by atoms with E-state index < -0.39 is 23.2 Å². The molecule has 0 unspecified atom stereocenters. The zero-order valence-electron chi connectivity index (χ0n) is 9.88. The van der Waals surface area contributed by atoms with Crippen LogP contribution >= 0.6 is 0 Å². The second kappa shape index (κ2) is 5.30. The molecule has 0 radical (unpaired) electrons. The molecule has 1 aromatic rings. The van der Waals surface area contributed by atoms with Gasteiger partial charge in [0, 0.05) is 18.7 Å². The molecule has 1 aliphatic heterocycles. The van der Waals surface area contributed by atoms with E-state index in [2.05, 4.69) is 5.43 Å². The SMILES string of the molecule is Nc1c(F)cc(C(=O)NN2CCCCC2)cc1F. The average molecular weight is 255 g/mol. The number of nitrogen functional groups attached to an aromatic ring is 1. The zero-order valence-corrected chi connectivity index (χ0v) is 9.88. The lowest BCUT2D eigenvalue weighted by atomic mass is 10.1. The number of hydrogen-bond acceptors (Lipinski definition) is 3. The quantitative estimate of drug-likeness (QED) is 0.790. The van der Waals surface area contributed by atoms with Crippen LogP contribution in [0, 0.1) is 11.6 Å². The minimum absolute atomic E-state index is 0.0650. The third-order valence-corrected chi connectivity index (χ3v) is 2.96. The Morgan fingerprint density at radius 3 is 2.28 bits per heavy atom. The fourth-order valence-corrected chi connectivity index (χ4v) is 1.93. The number of amides is 1. The molecule has 1 aromatic carbocycles. The van der Waals surface area contributed by atoms with Crippen LogP contribution in [0.1, 0.15) is 29.6 Å². The molecule has 2 rings (SSSR count). The van der Waals surface area contributed by atoms with E-state index in [-0.39, 0.29) is 5.56 Å². The van der Waals surface area contributed by atoms with Gasteiger partial charge < -0.3 is 5.73 Å². The minimum atomic E-state index is -0.918. The number of nitrogens with one attached hydrogen (secondary N) is 1. The summed E-state index contributed by atoms with van der Waals surface area (Å²) in [6.45, 7) is 1.51. The Morgan fingerprint density at radius 2 is 1.72 bits per heavy atom. The number of hydrogen-bond donors (Lipinski definition) is 2. The molecule has 0 atom stereocenters. The van der Waals surface area contributed by atoms with Crippen LogP contribution in [-0.2, 0) is 0 Å². The molecule has 4 nitrogen and oxygen atoms in total. The maximum Gasteiger partial charge on any atom is 0.265 e. The van der Waals surface area contributed by atoms with Crippen LogP contribution in [-0.4, -0.2) is 24.0 Å². The molecule has 0 bridgehead atoms. The Hall–Kier alpha value is -1.69. The van der Waals surface area contributed by atoms with Crippen LogP contribution in [0.15, 0.2) is 12.1 Å². The first-order chi connectivity index (χ1) is 8.58. The molecule has 0 aliphatic carbocycles. The van der Waals surface area contributed by atoms with Gasteiger partial charge in [-0.2, -0.15) is 0 Å². The van der Waals surface area contributed by atoms with Crippen molar-refractivity contribution in [3.63, 3.8) is 0 Å². The van der Waals surface area contributed by atoms with Crippen molar-refractivity contribution in [1.82, 2.24) is 10.4 Å². The first-order valence-corrected chi connectivity index (χ1v) is 5.88. The normalized spacial score (nSPS) is 16.6. The highest BCUT2D eigenvalue weighted by Crippen LogP contribution is 2.17. The van der Waals surface area contributed by atoms with Crippen molar-refractivity contribution in [1.29, 1.82) is 0 Å². The molecular formula is C12H15F2N3O. The highest BCUT2D eigenvalue weighted by Gasteiger charge is 2.16. The van der Waals surface area contributed by atoms with Crippen LogP contribution in [0.25, 0.3) is 0 Å². The molecule has 1 heterocycles. The monoisotopic (exact) mass is 255 g/mol. The Morgan fingerprint density at radius 1 is 1.17 bits per heavy atom. The van der Waals surface area contributed by atoms with Crippen molar-refractivity contribution >= 4 is 11.6 Å². The number of nitrogens with two attached hydrogens (primary N) is 1. The fourth-order valence-electron chi connectivity index (χ4n) is 1.93. The summed E-state index contributed by atoms with van der Waals surface area (Å²) in [5.74, 6) is -2.35. The smallest absolute Gasteiger partial charge is 0.265 e. The molecule has 1 amide bonds. The van der Waals surface area contributed by atoms with E-state index in [9.17, 15) is 13.6 Å². The van der Waals surface area contributed by atoms with Gasteiger partial charge in [0.15, 0.2) is 0 Å². The summed E-state index contributed by atoms with van der Waals surface area (Å²) < 4.78 is 26.4. The molecule has 3 N–H and O–H groups in total. The number of benzene rings is 1. The third kappa shape index (κ3) is 2.76. The van der Waals surface area contributed by atoms with E-state index in [1.165, 1.54) is 0 Å². The Balaban J connectivity index is 2.08. The lowest BCUT2D eigenvalue weighted by Gasteiger charge is -2.26. The van der Waals surface area contributed by atoms with Gasteiger partial charge in [0.25, 0.3) is 5.91 Å². The van der Waals surface area contributed by atoms with Crippen LogP contribution < -0.4 is 11.2 Å². The van der Waals surface area contributed by atoms with E-state index in [0.29, 0.717) is 0 Å². The summed E-state index contributed by atoms with van der Waals surface area (Å²) in [4.78, 5) is 11.8. The average Bonchev–Trinajstić information content (AvgIpc) is 2.36. The summed E-state index contributed by atoms with van der Waals surface area (Å²) >= 11 is 0. The topological polar surface area (TPSA) is 58.4 Å². The van der Waals surface area contributed by atoms with E-state index in [0.717, 1.165) is 44.5 Å². The number of hydrazine groups is 1. The van der Waals surface area contributed by atoms with Gasteiger partial charge in [0.05, 0.1) is 0 Å². The van der Waals surface area contributed by atoms with Crippen LogP contribution in [0.4, 0.5) is 14.5 Å². The Kier molecular flexibility index (Phi) is 3.76. The molecule has 98 valence electrons. The van der Waals surface area contributed by atoms with Crippen molar-refractivity contribution in [2.75, 3.05) is 18.8 Å². The Labute approximate surface area is 104 Å². The number of carbonyl (C=O) groups excluding carboxylic acids is 1. The van der Waals surface area contributed by atoms with Gasteiger partial charge in [-0.05, 0) is 25.0 Å². The van der Waals surface area contributed by atoms with E-state index in [1.807, 2.05) is 0 Å². The molecule has 1 aliphatic rings. The number of nitrogens with zero attached hydrogens (tertiary/aromatic N) is 1. The minimum Gasteiger partial charge on any atom is -0.394 e. The van der Waals surface area contributed by atoms with Gasteiger partial charge in [-0.1, -0.05) is 6.42 Å². The van der Waals surface area contributed by atoms with Crippen molar-refractivity contribution in [3.05, 3.63) is 29.3 Å². The van der Waals surface area contributed by atoms with Gasteiger partial charge in [-0.15, -0.1) is 0 Å². The van der Waals surface area contributed by atoms with Gasteiger partial charge in [-0.25, -0.2) is 13.8 Å². The molecule has 1 fully saturated rings. The maximum atomic E-state index is 13.2. The van der Waals surface area contributed by atoms with E-state index in [4.69, 9.17) is 5.73 Å². The molecule has 0 spiro atoms. The number of halogens is 2. The molecule has 0 saturated carbocycles. The van der Waals surface area contributed by atoms with Crippen LogP contribution in [0.2, 0.25) is 0 Å². The van der Waals surface area contributed by atoms with Crippen LogP contribution in [0.3, 0.4) is 0 Å². The van der Waals surface area contributed by atoms with Gasteiger partial charge in [-0.3, -0.25) is 10.2 Å². The number of carbonyl (C=O) groups is 1. The summed E-state index contributed by atoms with van der Waals surface area (Å²) in [5.41, 5.74) is 7.14. The van der Waals surface area contributed by atoms with Gasteiger partial charge in [0.1, 0.15) is 17.3 Å². The lowest BCUT2D eigenvalue weighted by molar-refractivity contribution is 0.0749. The summed E-state index contributed by atoms with van der Waals surface area (Å²) in [6.07, 6.45) is 3.15. The first kappa shape index (κ1) is 12.8. The maximum absolute atomic E-state index is 13.2. The molecule has 6 heteroatoms. The second-order valence-electron chi connectivity index (χ2n) is 4.34. The largest absolute Gasteiger partial charge is 0.394 e. The molecule has 18 heavy (non-hydrogen) atoms. The number of rotatable bonds is 2. The molecular weight excluding hydrogens is 240 g/mol. The van der Waals surface area contributed by atoms with Crippen molar-refractivity contribution in [3.8, 4) is 0 Å². The lowest BCUT2D eigenvalue weighted by Crippen LogP contribution is -2.45. The van der Waals surface area contributed by atoms with E-state index in [1.54, 1.807) is 5.01 Å². The second-order valence-corrected chi connectivity index (χ2v) is 4.34.